The van der Waals surface area contributed by atoms with E-state index in [1.807, 2.05) is 0 Å². The maximum atomic E-state index is 13.1. The van der Waals surface area contributed by atoms with Crippen molar-refractivity contribution in [3.05, 3.63) is 87.5 Å². The second kappa shape index (κ2) is 9.33. The summed E-state index contributed by atoms with van der Waals surface area (Å²) in [5.74, 6) is -2.26. The second-order valence-electron chi connectivity index (χ2n) is 7.27. The number of halogens is 1. The first-order valence-electron chi connectivity index (χ1n) is 10.2. The molecule has 0 saturated carbocycles. The molecule has 0 atom stereocenters. The van der Waals surface area contributed by atoms with Crippen molar-refractivity contribution in [3.8, 4) is 0 Å². The fourth-order valence-electron chi connectivity index (χ4n) is 3.47. The predicted molar refractivity (Wildman–Crippen MR) is 120 cm³/mol. The van der Waals surface area contributed by atoms with E-state index in [9.17, 15) is 23.6 Å². The van der Waals surface area contributed by atoms with Crippen molar-refractivity contribution in [3.63, 3.8) is 0 Å². The Kier molecular flexibility index (Phi) is 6.32. The first kappa shape index (κ1) is 22.3. The molecule has 2 aromatic carbocycles. The Bertz CT molecular complexity index is 1220. The van der Waals surface area contributed by atoms with Gasteiger partial charge in [0.2, 0.25) is 5.91 Å². The third kappa shape index (κ3) is 4.68. The highest BCUT2D eigenvalue weighted by atomic mass is 32.1. The number of nitrogens with zero attached hydrogens (tertiary/aromatic N) is 1. The summed E-state index contributed by atoms with van der Waals surface area (Å²) in [6, 6.07) is 13.6. The zero-order valence-electron chi connectivity index (χ0n) is 17.6. The third-order valence-electron chi connectivity index (χ3n) is 5.00. The molecule has 0 aliphatic carbocycles. The summed E-state index contributed by atoms with van der Waals surface area (Å²) >= 11 is 1.09. The van der Waals surface area contributed by atoms with Gasteiger partial charge in [0.15, 0.2) is 0 Å². The Labute approximate surface area is 192 Å². The zero-order chi connectivity index (χ0) is 23.5. The van der Waals surface area contributed by atoms with Crippen LogP contribution < -0.4 is 5.32 Å². The normalized spacial score (nSPS) is 12.6. The molecule has 4 rings (SSSR count). The standard InChI is InChI=1S/C24H19FN2O5S/c1-2-32-24(31)19-12-16(13-27-22(29)17-5-3-4-6-18(17)23(27)30)33-21(19)26-20(28)11-14-7-9-15(25)10-8-14/h3-10,12H,2,11,13H2,1H3,(H,26,28). The number of ether oxygens (including phenoxy) is 1. The highest BCUT2D eigenvalue weighted by molar-refractivity contribution is 7.16. The largest absolute Gasteiger partial charge is 0.462 e. The maximum Gasteiger partial charge on any atom is 0.341 e. The van der Waals surface area contributed by atoms with Crippen LogP contribution in [0.2, 0.25) is 0 Å². The minimum absolute atomic E-state index is 0.0197. The van der Waals surface area contributed by atoms with Crippen molar-refractivity contribution in [1.82, 2.24) is 4.90 Å². The summed E-state index contributed by atoms with van der Waals surface area (Å²) in [7, 11) is 0. The van der Waals surface area contributed by atoms with Crippen LogP contribution in [0.4, 0.5) is 9.39 Å². The van der Waals surface area contributed by atoms with Gasteiger partial charge in [-0.1, -0.05) is 24.3 Å². The van der Waals surface area contributed by atoms with Crippen LogP contribution >= 0.6 is 11.3 Å². The predicted octanol–water partition coefficient (Wildman–Crippen LogP) is 4.04. The molecule has 33 heavy (non-hydrogen) atoms. The molecule has 0 bridgehead atoms. The summed E-state index contributed by atoms with van der Waals surface area (Å²) < 4.78 is 18.2. The van der Waals surface area contributed by atoms with E-state index in [0.717, 1.165) is 16.2 Å². The van der Waals surface area contributed by atoms with Gasteiger partial charge < -0.3 is 10.1 Å². The van der Waals surface area contributed by atoms with Crippen molar-refractivity contribution in [2.45, 2.75) is 19.9 Å². The molecule has 168 valence electrons. The minimum atomic E-state index is -0.626. The number of esters is 1. The lowest BCUT2D eigenvalue weighted by Crippen LogP contribution is -2.28. The van der Waals surface area contributed by atoms with Crippen LogP contribution in [0.15, 0.2) is 54.6 Å². The van der Waals surface area contributed by atoms with Gasteiger partial charge in [-0.15, -0.1) is 11.3 Å². The van der Waals surface area contributed by atoms with Gasteiger partial charge in [-0.2, -0.15) is 0 Å². The second-order valence-corrected chi connectivity index (χ2v) is 8.41. The van der Waals surface area contributed by atoms with E-state index < -0.39 is 29.5 Å². The summed E-state index contributed by atoms with van der Waals surface area (Å²) in [5, 5.41) is 2.95. The first-order chi connectivity index (χ1) is 15.9. The molecule has 0 saturated heterocycles. The molecule has 3 amide bonds. The van der Waals surface area contributed by atoms with E-state index in [1.54, 1.807) is 31.2 Å². The fourth-order valence-corrected chi connectivity index (χ4v) is 4.52. The van der Waals surface area contributed by atoms with Crippen LogP contribution in [-0.2, 0) is 22.5 Å². The van der Waals surface area contributed by atoms with Gasteiger partial charge in [0, 0.05) is 4.88 Å². The number of fused-ring (bicyclic) bond motifs is 1. The van der Waals surface area contributed by atoms with Crippen LogP contribution in [0.25, 0.3) is 0 Å². The van der Waals surface area contributed by atoms with Crippen LogP contribution in [-0.4, -0.2) is 35.2 Å². The lowest BCUT2D eigenvalue weighted by molar-refractivity contribution is -0.115. The lowest BCUT2D eigenvalue weighted by atomic mass is 10.1. The van der Waals surface area contributed by atoms with Crippen molar-refractivity contribution in [2.24, 2.45) is 0 Å². The molecule has 0 fully saturated rings. The Morgan fingerprint density at radius 2 is 1.67 bits per heavy atom. The fraction of sp³-hybridized carbons (Fsp3) is 0.167. The number of carbonyl (C=O) groups is 4. The molecular formula is C24H19FN2O5S. The molecule has 9 heteroatoms. The van der Waals surface area contributed by atoms with Gasteiger partial charge >= 0.3 is 5.97 Å². The average Bonchev–Trinajstić information content (AvgIpc) is 3.30. The number of imide groups is 1. The van der Waals surface area contributed by atoms with E-state index in [0.29, 0.717) is 21.6 Å². The van der Waals surface area contributed by atoms with Crippen molar-refractivity contribution < 1.29 is 28.3 Å². The van der Waals surface area contributed by atoms with E-state index >= 15 is 0 Å². The minimum Gasteiger partial charge on any atom is -0.462 e. The summed E-state index contributed by atoms with van der Waals surface area (Å²) in [5.41, 5.74) is 1.41. The van der Waals surface area contributed by atoms with Crippen LogP contribution in [0.5, 0.6) is 0 Å². The van der Waals surface area contributed by atoms with Gasteiger partial charge in [0.05, 0.1) is 36.3 Å². The van der Waals surface area contributed by atoms with Crippen LogP contribution in [0.1, 0.15) is 48.4 Å². The van der Waals surface area contributed by atoms with Crippen molar-refractivity contribution in [2.75, 3.05) is 11.9 Å². The number of hydrogen-bond donors (Lipinski definition) is 1. The maximum absolute atomic E-state index is 13.1. The zero-order valence-corrected chi connectivity index (χ0v) is 18.4. The van der Waals surface area contributed by atoms with Crippen LogP contribution in [0.3, 0.4) is 0 Å². The highest BCUT2D eigenvalue weighted by Crippen LogP contribution is 2.32. The molecule has 1 aromatic heterocycles. The molecule has 2 heterocycles. The molecule has 1 aliphatic rings. The molecule has 3 aromatic rings. The Morgan fingerprint density at radius 1 is 1.03 bits per heavy atom. The summed E-state index contributed by atoms with van der Waals surface area (Å²) in [6.45, 7) is 1.76. The number of anilines is 1. The molecule has 1 aliphatic heterocycles. The number of nitrogens with one attached hydrogen (secondary N) is 1. The monoisotopic (exact) mass is 466 g/mol. The average molecular weight is 466 g/mol. The molecule has 0 unspecified atom stereocenters. The molecule has 7 nitrogen and oxygen atoms in total. The quantitative estimate of drug-likeness (QED) is 0.419. The van der Waals surface area contributed by atoms with E-state index in [4.69, 9.17) is 4.74 Å². The number of benzene rings is 2. The SMILES string of the molecule is CCOC(=O)c1cc(CN2C(=O)c3ccccc3C2=O)sc1NC(=O)Cc1ccc(F)cc1. The third-order valence-corrected chi connectivity index (χ3v) is 6.04. The van der Waals surface area contributed by atoms with Crippen molar-refractivity contribution in [1.29, 1.82) is 0 Å². The van der Waals surface area contributed by atoms with E-state index in [-0.39, 0.29) is 30.1 Å². The van der Waals surface area contributed by atoms with Gasteiger partial charge in [-0.25, -0.2) is 9.18 Å². The van der Waals surface area contributed by atoms with Gasteiger partial charge in [-0.05, 0) is 42.8 Å². The van der Waals surface area contributed by atoms with Gasteiger partial charge in [0.25, 0.3) is 11.8 Å². The van der Waals surface area contributed by atoms with E-state index in [1.165, 1.54) is 30.3 Å². The lowest BCUT2D eigenvalue weighted by Gasteiger charge is -2.12. The number of carbonyl (C=O) groups excluding carboxylic acids is 4. The number of thiophene rings is 1. The van der Waals surface area contributed by atoms with Gasteiger partial charge in [-0.3, -0.25) is 19.3 Å². The molecule has 1 N–H and O–H groups in total. The smallest absolute Gasteiger partial charge is 0.341 e. The first-order valence-corrected chi connectivity index (χ1v) is 11.0. The van der Waals surface area contributed by atoms with Crippen molar-refractivity contribution >= 4 is 40.0 Å². The summed E-state index contributed by atoms with van der Waals surface area (Å²) in [6.07, 6.45) is -0.0197. The highest BCUT2D eigenvalue weighted by Gasteiger charge is 2.35. The number of hydrogen-bond acceptors (Lipinski definition) is 6. The van der Waals surface area contributed by atoms with Gasteiger partial charge in [0.1, 0.15) is 10.8 Å². The topological polar surface area (TPSA) is 92.8 Å². The number of amides is 3. The molecule has 0 radical (unpaired) electrons. The van der Waals surface area contributed by atoms with E-state index in [2.05, 4.69) is 5.32 Å². The number of rotatable bonds is 7. The Morgan fingerprint density at radius 3 is 2.27 bits per heavy atom. The molecule has 0 spiro atoms. The Balaban J connectivity index is 1.55. The van der Waals surface area contributed by atoms with Crippen LogP contribution in [0, 0.1) is 5.82 Å². The Hall–Kier alpha value is -3.85. The molecular weight excluding hydrogens is 447 g/mol. The summed E-state index contributed by atoms with van der Waals surface area (Å²) in [4.78, 5) is 52.0.